The summed E-state index contributed by atoms with van der Waals surface area (Å²) >= 11 is 5.14. The molecule has 26 heavy (non-hydrogen) atoms. The first-order valence-corrected chi connectivity index (χ1v) is 8.29. The molecule has 7 nitrogen and oxygen atoms in total. The maximum atomic E-state index is 12.6. The van der Waals surface area contributed by atoms with Crippen LogP contribution in [0.15, 0.2) is 30.3 Å². The molecule has 1 aromatic heterocycles. The molecule has 2 aromatic rings. The summed E-state index contributed by atoms with van der Waals surface area (Å²) in [7, 11) is 0. The number of nitriles is 1. The number of hydrogen-bond donors (Lipinski definition) is 1. The normalized spacial score (nSPS) is 15.6. The molecule has 1 saturated carbocycles. The number of benzene rings is 1. The zero-order chi connectivity index (χ0) is 18.4. The molecule has 1 aliphatic heterocycles. The van der Waals surface area contributed by atoms with Crippen molar-refractivity contribution in [3.63, 3.8) is 0 Å². The highest BCUT2D eigenvalue weighted by molar-refractivity contribution is 7.71. The summed E-state index contributed by atoms with van der Waals surface area (Å²) in [4.78, 5) is 45.2. The van der Waals surface area contributed by atoms with Crippen molar-refractivity contribution in [2.45, 2.75) is 18.8 Å². The van der Waals surface area contributed by atoms with Crippen molar-refractivity contribution in [2.24, 2.45) is 0 Å². The summed E-state index contributed by atoms with van der Waals surface area (Å²) < 4.78 is 0.131. The molecular weight excluding hydrogens is 354 g/mol. The van der Waals surface area contributed by atoms with Crippen LogP contribution in [-0.4, -0.2) is 27.8 Å². The molecule has 2 heterocycles. The van der Waals surface area contributed by atoms with Gasteiger partial charge in [-0.3, -0.25) is 9.59 Å². The highest BCUT2D eigenvalue weighted by Crippen LogP contribution is 2.39. The number of fused-ring (bicyclic) bond motifs is 1. The largest absolute Gasteiger partial charge is 0.365 e. The number of aromatic nitrogens is 1. The molecule has 0 spiro atoms. The number of aromatic amines is 1. The quantitative estimate of drug-likeness (QED) is 0.663. The second-order valence-electron chi connectivity index (χ2n) is 6.06. The van der Waals surface area contributed by atoms with Crippen LogP contribution in [0.3, 0.4) is 0 Å². The topological polar surface area (TPSA) is 103 Å². The molecule has 2 amide bonds. The van der Waals surface area contributed by atoms with Crippen LogP contribution in [0.25, 0.3) is 0 Å². The van der Waals surface area contributed by atoms with Gasteiger partial charge in [-0.2, -0.15) is 5.26 Å². The standard InChI is InChI=1S/C18H11N3O4S/c19-8-13-12(7-14(9-5-6-9)20-15(13)26)18(24)25-21-16(22)10-3-1-2-4-11(10)17(21)23/h1-4,7,9H,5-6H2,(H,20,26). The van der Waals surface area contributed by atoms with E-state index in [0.29, 0.717) is 5.06 Å². The number of pyridine rings is 1. The second kappa shape index (κ2) is 5.89. The third kappa shape index (κ3) is 2.50. The fourth-order valence-electron chi connectivity index (χ4n) is 2.85. The van der Waals surface area contributed by atoms with Gasteiger partial charge in [0.2, 0.25) is 0 Å². The maximum Gasteiger partial charge on any atom is 0.365 e. The van der Waals surface area contributed by atoms with Gasteiger partial charge in [0.1, 0.15) is 16.3 Å². The van der Waals surface area contributed by atoms with Crippen molar-refractivity contribution in [3.05, 3.63) is 62.9 Å². The Labute approximate surface area is 152 Å². The van der Waals surface area contributed by atoms with E-state index in [-0.39, 0.29) is 32.8 Å². The van der Waals surface area contributed by atoms with Gasteiger partial charge in [0.05, 0.1) is 16.7 Å². The molecule has 1 fully saturated rings. The molecule has 2 aliphatic rings. The smallest absolute Gasteiger partial charge is 0.349 e. The minimum absolute atomic E-state index is 0.0500. The zero-order valence-electron chi connectivity index (χ0n) is 13.3. The van der Waals surface area contributed by atoms with Gasteiger partial charge in [0.25, 0.3) is 11.8 Å². The van der Waals surface area contributed by atoms with Crippen LogP contribution in [0, 0.1) is 16.0 Å². The third-order valence-corrected chi connectivity index (χ3v) is 4.64. The molecule has 0 radical (unpaired) electrons. The van der Waals surface area contributed by atoms with E-state index in [0.717, 1.165) is 18.5 Å². The van der Waals surface area contributed by atoms with E-state index < -0.39 is 17.8 Å². The van der Waals surface area contributed by atoms with Gasteiger partial charge in [-0.05, 0) is 37.0 Å². The number of hydroxylamine groups is 2. The Morgan fingerprint density at radius 3 is 2.38 bits per heavy atom. The fraction of sp³-hybridized carbons (Fsp3) is 0.167. The molecule has 1 aliphatic carbocycles. The summed E-state index contributed by atoms with van der Waals surface area (Å²) in [5.41, 5.74) is 0.952. The van der Waals surface area contributed by atoms with Crippen LogP contribution in [0.4, 0.5) is 0 Å². The molecular formula is C18H11N3O4S. The number of imide groups is 1. The van der Waals surface area contributed by atoms with E-state index in [1.54, 1.807) is 12.1 Å². The fourth-order valence-corrected chi connectivity index (χ4v) is 3.12. The van der Waals surface area contributed by atoms with Crippen molar-refractivity contribution >= 4 is 30.0 Å². The average molecular weight is 365 g/mol. The zero-order valence-corrected chi connectivity index (χ0v) is 14.1. The molecule has 0 atom stereocenters. The molecule has 8 heteroatoms. The first-order valence-electron chi connectivity index (χ1n) is 7.88. The van der Waals surface area contributed by atoms with Crippen LogP contribution in [0.2, 0.25) is 0 Å². The number of nitrogens with one attached hydrogen (secondary N) is 1. The molecule has 1 N–H and O–H groups in total. The lowest BCUT2D eigenvalue weighted by Crippen LogP contribution is -2.33. The van der Waals surface area contributed by atoms with Gasteiger partial charge in [0.15, 0.2) is 0 Å². The number of hydrogen-bond acceptors (Lipinski definition) is 6. The van der Waals surface area contributed by atoms with E-state index in [2.05, 4.69) is 4.98 Å². The SMILES string of the molecule is N#Cc1c(C(=O)ON2C(=O)c3ccccc3C2=O)cc(C2CC2)[nH]c1=S. The van der Waals surface area contributed by atoms with Crippen LogP contribution in [-0.2, 0) is 4.84 Å². The molecule has 0 bridgehead atoms. The minimum Gasteiger partial charge on any atom is -0.349 e. The molecule has 0 saturated heterocycles. The average Bonchev–Trinajstić information content (AvgIpc) is 3.46. The Bertz CT molecular complexity index is 1040. The lowest BCUT2D eigenvalue weighted by atomic mass is 10.1. The maximum absolute atomic E-state index is 12.6. The number of H-pyrrole nitrogens is 1. The van der Waals surface area contributed by atoms with Crippen LogP contribution in [0.1, 0.15) is 61.1 Å². The first kappa shape index (κ1) is 16.2. The van der Waals surface area contributed by atoms with Crippen LogP contribution < -0.4 is 0 Å². The van der Waals surface area contributed by atoms with Crippen molar-refractivity contribution in [1.82, 2.24) is 10.0 Å². The van der Waals surface area contributed by atoms with Gasteiger partial charge < -0.3 is 9.82 Å². The highest BCUT2D eigenvalue weighted by atomic mass is 32.1. The Hall–Kier alpha value is -3.31. The Balaban J connectivity index is 1.68. The predicted octanol–water partition coefficient (Wildman–Crippen LogP) is 2.86. The van der Waals surface area contributed by atoms with Crippen molar-refractivity contribution in [3.8, 4) is 6.07 Å². The number of rotatable bonds is 3. The van der Waals surface area contributed by atoms with Gasteiger partial charge in [0, 0.05) is 5.69 Å². The number of nitrogens with zero attached hydrogens (tertiary/aromatic N) is 2. The van der Waals surface area contributed by atoms with E-state index in [4.69, 9.17) is 17.1 Å². The Morgan fingerprint density at radius 2 is 1.85 bits per heavy atom. The monoisotopic (exact) mass is 365 g/mol. The lowest BCUT2D eigenvalue weighted by molar-refractivity contribution is -0.0584. The highest BCUT2D eigenvalue weighted by Gasteiger charge is 2.39. The van der Waals surface area contributed by atoms with Gasteiger partial charge >= 0.3 is 5.97 Å². The number of carbonyl (C=O) groups excluding carboxylic acids is 3. The van der Waals surface area contributed by atoms with Crippen LogP contribution >= 0.6 is 12.2 Å². The van der Waals surface area contributed by atoms with Crippen molar-refractivity contribution < 1.29 is 19.2 Å². The van der Waals surface area contributed by atoms with E-state index in [9.17, 15) is 19.6 Å². The molecule has 4 rings (SSSR count). The van der Waals surface area contributed by atoms with Gasteiger partial charge in [-0.15, -0.1) is 0 Å². The number of carbonyl (C=O) groups is 3. The van der Waals surface area contributed by atoms with Gasteiger partial charge in [-0.25, -0.2) is 4.79 Å². The van der Waals surface area contributed by atoms with Gasteiger partial charge in [-0.1, -0.05) is 29.4 Å². The summed E-state index contributed by atoms with van der Waals surface area (Å²) in [6.45, 7) is 0. The van der Waals surface area contributed by atoms with E-state index in [1.165, 1.54) is 18.2 Å². The summed E-state index contributed by atoms with van der Waals surface area (Å²) in [5.74, 6) is -2.16. The molecule has 0 unspecified atom stereocenters. The second-order valence-corrected chi connectivity index (χ2v) is 6.47. The Kier molecular flexibility index (Phi) is 3.67. The molecule has 128 valence electrons. The van der Waals surface area contributed by atoms with E-state index >= 15 is 0 Å². The Morgan fingerprint density at radius 1 is 1.23 bits per heavy atom. The molecule has 1 aromatic carbocycles. The summed E-state index contributed by atoms with van der Waals surface area (Å²) in [6.07, 6.45) is 1.92. The number of amides is 2. The van der Waals surface area contributed by atoms with E-state index in [1.807, 2.05) is 6.07 Å². The van der Waals surface area contributed by atoms with Crippen LogP contribution in [0.5, 0.6) is 0 Å². The summed E-state index contributed by atoms with van der Waals surface area (Å²) in [5, 5.41) is 9.73. The predicted molar refractivity (Wildman–Crippen MR) is 90.7 cm³/mol. The van der Waals surface area contributed by atoms with Crippen molar-refractivity contribution in [2.75, 3.05) is 0 Å². The first-order chi connectivity index (χ1) is 12.5. The summed E-state index contributed by atoms with van der Waals surface area (Å²) in [6, 6.07) is 9.56. The lowest BCUT2D eigenvalue weighted by Gasteiger charge is -2.14. The third-order valence-electron chi connectivity index (χ3n) is 4.33. The van der Waals surface area contributed by atoms with Crippen molar-refractivity contribution in [1.29, 1.82) is 5.26 Å². The minimum atomic E-state index is -0.974.